The summed E-state index contributed by atoms with van der Waals surface area (Å²) in [5.41, 5.74) is 4.06. The molecule has 0 aliphatic heterocycles. The van der Waals surface area contributed by atoms with Crippen molar-refractivity contribution in [2.45, 2.75) is 44.0 Å². The van der Waals surface area contributed by atoms with Crippen molar-refractivity contribution in [2.24, 2.45) is 0 Å². The van der Waals surface area contributed by atoms with E-state index in [1.807, 2.05) is 38.1 Å². The number of fused-ring (bicyclic) bond motifs is 2. The summed E-state index contributed by atoms with van der Waals surface area (Å²) in [4.78, 5) is 18.1. The average Bonchev–Trinajstić information content (AvgIpc) is 3.19. The highest BCUT2D eigenvalue weighted by atomic mass is 32.2. The molecular weight excluding hydrogens is 398 g/mol. The molecule has 1 N–H and O–H groups in total. The maximum atomic E-state index is 13.2. The van der Waals surface area contributed by atoms with Crippen LogP contribution in [0.1, 0.15) is 41.9 Å². The number of pyridine rings is 1. The smallest absolute Gasteiger partial charge is 0.256 e. The van der Waals surface area contributed by atoms with Crippen molar-refractivity contribution < 1.29 is 13.2 Å². The van der Waals surface area contributed by atoms with Crippen molar-refractivity contribution >= 4 is 32.5 Å². The van der Waals surface area contributed by atoms with E-state index in [1.165, 1.54) is 16.4 Å². The lowest BCUT2D eigenvalue weighted by Crippen LogP contribution is -2.33. The molecule has 0 saturated heterocycles. The number of hydrogen-bond acceptors (Lipinski definition) is 4. The van der Waals surface area contributed by atoms with Gasteiger partial charge in [-0.1, -0.05) is 18.2 Å². The fraction of sp³-hybridized carbons (Fsp3) is 0.304. The number of nitrogens with zero attached hydrogens (tertiary/aromatic N) is 2. The number of amides is 1. The zero-order valence-electron chi connectivity index (χ0n) is 17.3. The summed E-state index contributed by atoms with van der Waals surface area (Å²) in [6.07, 6.45) is 2.72. The number of benzene rings is 2. The third-order valence-electron chi connectivity index (χ3n) is 5.66. The van der Waals surface area contributed by atoms with Crippen LogP contribution in [-0.2, 0) is 22.9 Å². The van der Waals surface area contributed by atoms with Gasteiger partial charge in [0.15, 0.2) is 0 Å². The van der Waals surface area contributed by atoms with Crippen LogP contribution < -0.4 is 5.32 Å². The van der Waals surface area contributed by atoms with Gasteiger partial charge in [-0.25, -0.2) is 8.42 Å². The van der Waals surface area contributed by atoms with E-state index in [9.17, 15) is 13.2 Å². The number of hydrogen-bond donors (Lipinski definition) is 1. The second kappa shape index (κ2) is 7.81. The van der Waals surface area contributed by atoms with E-state index in [4.69, 9.17) is 4.98 Å². The molecule has 3 aromatic rings. The van der Waals surface area contributed by atoms with E-state index in [0.29, 0.717) is 11.3 Å². The lowest BCUT2D eigenvalue weighted by molar-refractivity contribution is 0.102. The van der Waals surface area contributed by atoms with E-state index < -0.39 is 10.0 Å². The van der Waals surface area contributed by atoms with E-state index in [0.717, 1.165) is 41.4 Å². The van der Waals surface area contributed by atoms with Crippen LogP contribution in [0.5, 0.6) is 0 Å². The third-order valence-corrected chi connectivity index (χ3v) is 7.71. The van der Waals surface area contributed by atoms with Gasteiger partial charge >= 0.3 is 0 Å². The molecule has 0 radical (unpaired) electrons. The number of nitrogens with one attached hydrogen (secondary N) is 1. The Labute approximate surface area is 177 Å². The number of aromatic nitrogens is 1. The lowest BCUT2D eigenvalue weighted by Gasteiger charge is -2.21. The first-order valence-electron chi connectivity index (χ1n) is 10.1. The van der Waals surface area contributed by atoms with Crippen LogP contribution in [0.4, 0.5) is 5.69 Å². The number of rotatable bonds is 5. The van der Waals surface area contributed by atoms with Crippen LogP contribution in [0, 0.1) is 0 Å². The van der Waals surface area contributed by atoms with Gasteiger partial charge in [-0.15, -0.1) is 0 Å². The third kappa shape index (κ3) is 3.59. The largest absolute Gasteiger partial charge is 0.322 e. The summed E-state index contributed by atoms with van der Waals surface area (Å²) in [5, 5.41) is 3.78. The minimum absolute atomic E-state index is 0.142. The molecule has 156 valence electrons. The van der Waals surface area contributed by atoms with Crippen LogP contribution in [-0.4, -0.2) is 36.7 Å². The Balaban J connectivity index is 1.65. The molecule has 0 atom stereocenters. The second-order valence-electron chi connectivity index (χ2n) is 7.88. The standard InChI is InChI=1S/C23H25N3O3S/c1-15(2)26(3)30(28,29)17-13-11-16(12-14-17)24-23(27)22-18-7-4-5-9-20(18)25-21-10-6-8-19(21)22/h4-5,7,9,11-15H,6,8,10H2,1-3H3,(H,24,27). The van der Waals surface area contributed by atoms with E-state index in [-0.39, 0.29) is 16.8 Å². The fourth-order valence-corrected chi connectivity index (χ4v) is 5.19. The molecule has 1 aliphatic carbocycles. The molecule has 0 bridgehead atoms. The molecule has 7 heteroatoms. The number of carbonyl (C=O) groups excluding carboxylic acids is 1. The predicted octanol–water partition coefficient (Wildman–Crippen LogP) is 4.00. The van der Waals surface area contributed by atoms with Gasteiger partial charge in [0.2, 0.25) is 10.0 Å². The minimum atomic E-state index is -3.56. The van der Waals surface area contributed by atoms with Crippen LogP contribution in [0.3, 0.4) is 0 Å². The highest BCUT2D eigenvalue weighted by molar-refractivity contribution is 7.89. The fourth-order valence-electron chi connectivity index (χ4n) is 3.82. The van der Waals surface area contributed by atoms with Crippen LogP contribution in [0.25, 0.3) is 10.9 Å². The SMILES string of the molecule is CC(C)N(C)S(=O)(=O)c1ccc(NC(=O)c2c3c(nc4ccccc24)CCC3)cc1. The zero-order valence-corrected chi connectivity index (χ0v) is 18.2. The van der Waals surface area contributed by atoms with E-state index in [1.54, 1.807) is 19.2 Å². The molecule has 0 fully saturated rings. The molecule has 30 heavy (non-hydrogen) atoms. The zero-order chi connectivity index (χ0) is 21.5. The van der Waals surface area contributed by atoms with Crippen molar-refractivity contribution in [1.29, 1.82) is 0 Å². The Kier molecular flexibility index (Phi) is 5.34. The summed E-state index contributed by atoms with van der Waals surface area (Å²) >= 11 is 0. The maximum Gasteiger partial charge on any atom is 0.256 e. The van der Waals surface area contributed by atoms with Crippen LogP contribution >= 0.6 is 0 Å². The monoisotopic (exact) mass is 423 g/mol. The van der Waals surface area contributed by atoms with Gasteiger partial charge in [0.25, 0.3) is 5.91 Å². The van der Waals surface area contributed by atoms with Gasteiger partial charge in [0.1, 0.15) is 0 Å². The Morgan fingerprint density at radius 3 is 2.47 bits per heavy atom. The quantitative estimate of drug-likeness (QED) is 0.673. The van der Waals surface area contributed by atoms with Crippen molar-refractivity contribution in [3.63, 3.8) is 0 Å². The number of carbonyl (C=O) groups is 1. The maximum absolute atomic E-state index is 13.2. The predicted molar refractivity (Wildman–Crippen MR) is 118 cm³/mol. The molecule has 1 aliphatic rings. The second-order valence-corrected chi connectivity index (χ2v) is 9.87. The Morgan fingerprint density at radius 1 is 1.07 bits per heavy atom. The first-order chi connectivity index (χ1) is 14.3. The van der Waals surface area contributed by atoms with Gasteiger partial charge in [-0.05, 0) is 69.0 Å². The normalized spacial score (nSPS) is 13.8. The Bertz CT molecular complexity index is 1220. The van der Waals surface area contributed by atoms with E-state index >= 15 is 0 Å². The minimum Gasteiger partial charge on any atom is -0.322 e. The lowest BCUT2D eigenvalue weighted by atomic mass is 10.0. The molecule has 0 spiro atoms. The molecule has 0 unspecified atom stereocenters. The Hall–Kier alpha value is -2.77. The number of sulfonamides is 1. The number of para-hydroxylation sites is 1. The average molecular weight is 424 g/mol. The van der Waals surface area contributed by atoms with E-state index in [2.05, 4.69) is 5.32 Å². The molecule has 2 aromatic carbocycles. The van der Waals surface area contributed by atoms with Crippen molar-refractivity contribution in [3.05, 3.63) is 65.4 Å². The first kappa shape index (κ1) is 20.5. The summed E-state index contributed by atoms with van der Waals surface area (Å²) in [6, 6.07) is 13.8. The summed E-state index contributed by atoms with van der Waals surface area (Å²) in [5.74, 6) is -0.193. The van der Waals surface area contributed by atoms with Gasteiger partial charge < -0.3 is 5.32 Å². The van der Waals surface area contributed by atoms with Crippen molar-refractivity contribution in [1.82, 2.24) is 9.29 Å². The highest BCUT2D eigenvalue weighted by Gasteiger charge is 2.25. The molecule has 6 nitrogen and oxygen atoms in total. The van der Waals surface area contributed by atoms with Crippen LogP contribution in [0.15, 0.2) is 53.4 Å². The number of anilines is 1. The molecule has 4 rings (SSSR count). The molecule has 0 saturated carbocycles. The Morgan fingerprint density at radius 2 is 1.77 bits per heavy atom. The summed E-state index contributed by atoms with van der Waals surface area (Å²) in [7, 11) is -2.00. The molecular formula is C23H25N3O3S. The highest BCUT2D eigenvalue weighted by Crippen LogP contribution is 2.30. The van der Waals surface area contributed by atoms with Crippen molar-refractivity contribution in [3.8, 4) is 0 Å². The van der Waals surface area contributed by atoms with Gasteiger partial charge in [-0.2, -0.15) is 4.31 Å². The molecule has 1 amide bonds. The summed E-state index contributed by atoms with van der Waals surface area (Å²) < 4.78 is 26.6. The topological polar surface area (TPSA) is 79.4 Å². The van der Waals surface area contributed by atoms with Crippen molar-refractivity contribution in [2.75, 3.05) is 12.4 Å². The van der Waals surface area contributed by atoms with Gasteiger partial charge in [0.05, 0.1) is 16.0 Å². The first-order valence-corrected chi connectivity index (χ1v) is 11.5. The molecule has 1 heterocycles. The molecule has 1 aromatic heterocycles. The van der Waals surface area contributed by atoms with Gasteiger partial charge in [0, 0.05) is 29.9 Å². The van der Waals surface area contributed by atoms with Crippen LogP contribution in [0.2, 0.25) is 0 Å². The number of aryl methyl sites for hydroxylation is 1. The summed E-state index contributed by atoms with van der Waals surface area (Å²) in [6.45, 7) is 3.65. The van der Waals surface area contributed by atoms with Gasteiger partial charge in [-0.3, -0.25) is 9.78 Å².